The first-order valence-electron chi connectivity index (χ1n) is 8.68. The van der Waals surface area contributed by atoms with Crippen LogP contribution in [0.1, 0.15) is 22.1 Å². The van der Waals surface area contributed by atoms with Crippen molar-refractivity contribution in [3.8, 4) is 5.75 Å². The standard InChI is InChI=1S/C19H24N6OS/c1-14-23-24-18(25(14)2)13-22-19(21-12-17-8-5-9-27-17)20-11-15-6-4-7-16(10-15)26-3/h4-10H,11-13H2,1-3H3,(H2,20,21,22). The fourth-order valence-corrected chi connectivity index (χ4v) is 3.11. The summed E-state index contributed by atoms with van der Waals surface area (Å²) in [5.74, 6) is 3.30. The van der Waals surface area contributed by atoms with Crippen LogP contribution < -0.4 is 15.4 Å². The molecular weight excluding hydrogens is 360 g/mol. The minimum Gasteiger partial charge on any atom is -0.497 e. The Labute approximate surface area is 163 Å². The van der Waals surface area contributed by atoms with Gasteiger partial charge in [0.05, 0.1) is 26.7 Å². The minimum absolute atomic E-state index is 0.547. The van der Waals surface area contributed by atoms with Crippen molar-refractivity contribution < 1.29 is 4.74 Å². The predicted octanol–water partition coefficient (Wildman–Crippen LogP) is 2.63. The number of ether oxygens (including phenoxy) is 1. The van der Waals surface area contributed by atoms with Crippen molar-refractivity contribution in [1.82, 2.24) is 25.4 Å². The maximum absolute atomic E-state index is 5.28. The number of aromatic nitrogens is 3. The van der Waals surface area contributed by atoms with E-state index < -0.39 is 0 Å². The minimum atomic E-state index is 0.547. The Bertz CT molecular complexity index is 888. The second-order valence-electron chi connectivity index (χ2n) is 6.03. The molecule has 0 radical (unpaired) electrons. The van der Waals surface area contributed by atoms with Gasteiger partial charge in [0.25, 0.3) is 0 Å². The Morgan fingerprint density at radius 2 is 2.04 bits per heavy atom. The lowest BCUT2D eigenvalue weighted by Gasteiger charge is -2.12. The van der Waals surface area contributed by atoms with Crippen LogP contribution in [0, 0.1) is 6.92 Å². The van der Waals surface area contributed by atoms with Gasteiger partial charge in [-0.3, -0.25) is 0 Å². The first kappa shape index (κ1) is 18.9. The largest absolute Gasteiger partial charge is 0.497 e. The Balaban J connectivity index is 1.68. The molecule has 2 N–H and O–H groups in total. The fraction of sp³-hybridized carbons (Fsp3) is 0.316. The lowest BCUT2D eigenvalue weighted by Crippen LogP contribution is -2.37. The first-order chi connectivity index (χ1) is 13.2. The van der Waals surface area contributed by atoms with Gasteiger partial charge in [-0.15, -0.1) is 21.5 Å². The van der Waals surface area contributed by atoms with Crippen LogP contribution in [0.15, 0.2) is 46.8 Å². The number of benzene rings is 1. The summed E-state index contributed by atoms with van der Waals surface area (Å²) >= 11 is 1.72. The lowest BCUT2D eigenvalue weighted by molar-refractivity contribution is 0.414. The zero-order chi connectivity index (χ0) is 19.1. The van der Waals surface area contributed by atoms with Crippen LogP contribution in [-0.2, 0) is 26.7 Å². The third-order valence-electron chi connectivity index (χ3n) is 4.16. The van der Waals surface area contributed by atoms with E-state index >= 15 is 0 Å². The average molecular weight is 385 g/mol. The summed E-state index contributed by atoms with van der Waals surface area (Å²) in [6.45, 7) is 3.75. The number of aryl methyl sites for hydroxylation is 1. The molecular formula is C19H24N6OS. The van der Waals surface area contributed by atoms with Crippen LogP contribution in [0.3, 0.4) is 0 Å². The molecule has 0 aliphatic carbocycles. The molecule has 142 valence electrons. The van der Waals surface area contributed by atoms with E-state index in [2.05, 4.69) is 32.3 Å². The first-order valence-corrected chi connectivity index (χ1v) is 9.56. The summed E-state index contributed by atoms with van der Waals surface area (Å²) in [5, 5.41) is 17.1. The molecule has 3 rings (SSSR count). The van der Waals surface area contributed by atoms with E-state index in [1.807, 2.05) is 48.9 Å². The summed E-state index contributed by atoms with van der Waals surface area (Å²) < 4.78 is 7.25. The SMILES string of the molecule is COc1cccc(CN=C(NCc2cccs2)NCc2nnc(C)n2C)c1. The van der Waals surface area contributed by atoms with Gasteiger partial charge in [-0.1, -0.05) is 18.2 Å². The molecule has 27 heavy (non-hydrogen) atoms. The molecule has 2 aromatic heterocycles. The lowest BCUT2D eigenvalue weighted by atomic mass is 10.2. The number of nitrogens with one attached hydrogen (secondary N) is 2. The van der Waals surface area contributed by atoms with E-state index in [0.29, 0.717) is 13.1 Å². The van der Waals surface area contributed by atoms with Crippen molar-refractivity contribution in [2.24, 2.45) is 12.0 Å². The van der Waals surface area contributed by atoms with E-state index in [1.54, 1.807) is 18.4 Å². The molecule has 0 atom stereocenters. The summed E-state index contributed by atoms with van der Waals surface area (Å²) in [5.41, 5.74) is 1.08. The second-order valence-corrected chi connectivity index (χ2v) is 7.06. The summed E-state index contributed by atoms with van der Waals surface area (Å²) in [4.78, 5) is 5.96. The van der Waals surface area contributed by atoms with E-state index in [-0.39, 0.29) is 0 Å². The van der Waals surface area contributed by atoms with Gasteiger partial charge in [-0.05, 0) is 36.1 Å². The normalized spacial score (nSPS) is 11.4. The van der Waals surface area contributed by atoms with E-state index in [0.717, 1.165) is 35.5 Å². The fourth-order valence-electron chi connectivity index (χ4n) is 2.47. The van der Waals surface area contributed by atoms with Crippen LogP contribution in [0.2, 0.25) is 0 Å². The highest BCUT2D eigenvalue weighted by Crippen LogP contribution is 2.13. The Kier molecular flexibility index (Phi) is 6.43. The van der Waals surface area contributed by atoms with Gasteiger partial charge in [0.15, 0.2) is 11.8 Å². The van der Waals surface area contributed by atoms with Crippen LogP contribution in [0.4, 0.5) is 0 Å². The molecule has 8 heteroatoms. The summed E-state index contributed by atoms with van der Waals surface area (Å²) in [6, 6.07) is 12.1. The summed E-state index contributed by atoms with van der Waals surface area (Å²) in [6.07, 6.45) is 0. The number of hydrogen-bond donors (Lipinski definition) is 2. The molecule has 0 bridgehead atoms. The zero-order valence-electron chi connectivity index (χ0n) is 15.8. The highest BCUT2D eigenvalue weighted by Gasteiger charge is 2.07. The van der Waals surface area contributed by atoms with Crippen LogP contribution in [-0.4, -0.2) is 27.8 Å². The third-order valence-corrected chi connectivity index (χ3v) is 5.04. The highest BCUT2D eigenvalue weighted by atomic mass is 32.1. The molecule has 3 aromatic rings. The zero-order valence-corrected chi connectivity index (χ0v) is 16.6. The molecule has 7 nitrogen and oxygen atoms in total. The molecule has 0 aliphatic rings. The molecule has 0 saturated heterocycles. The molecule has 1 aromatic carbocycles. The maximum atomic E-state index is 5.28. The molecule has 0 unspecified atom stereocenters. The number of guanidine groups is 1. The molecule has 0 fully saturated rings. The van der Waals surface area contributed by atoms with Crippen molar-refractivity contribution in [1.29, 1.82) is 0 Å². The number of thiophene rings is 1. The average Bonchev–Trinajstić information content (AvgIpc) is 3.32. The topological polar surface area (TPSA) is 76.4 Å². The van der Waals surface area contributed by atoms with Gasteiger partial charge in [0.2, 0.25) is 0 Å². The van der Waals surface area contributed by atoms with E-state index in [4.69, 9.17) is 9.73 Å². The number of methoxy groups -OCH3 is 1. The van der Waals surface area contributed by atoms with E-state index in [9.17, 15) is 0 Å². The predicted molar refractivity (Wildman–Crippen MR) is 108 cm³/mol. The Hall–Kier alpha value is -2.87. The third kappa shape index (κ3) is 5.30. The van der Waals surface area contributed by atoms with Gasteiger partial charge in [-0.25, -0.2) is 4.99 Å². The van der Waals surface area contributed by atoms with Crippen LogP contribution in [0.5, 0.6) is 5.75 Å². The van der Waals surface area contributed by atoms with Gasteiger partial charge >= 0.3 is 0 Å². The van der Waals surface area contributed by atoms with E-state index in [1.165, 1.54) is 4.88 Å². The van der Waals surface area contributed by atoms with Gasteiger partial charge in [-0.2, -0.15) is 0 Å². The van der Waals surface area contributed by atoms with Crippen molar-refractivity contribution >= 4 is 17.3 Å². The number of nitrogens with zero attached hydrogens (tertiary/aromatic N) is 4. The van der Waals surface area contributed by atoms with Crippen molar-refractivity contribution in [3.63, 3.8) is 0 Å². The van der Waals surface area contributed by atoms with Gasteiger partial charge < -0.3 is 19.9 Å². The number of aliphatic imine (C=N–C) groups is 1. The van der Waals surface area contributed by atoms with Gasteiger partial charge in [0, 0.05) is 11.9 Å². The molecule has 0 saturated carbocycles. The highest BCUT2D eigenvalue weighted by molar-refractivity contribution is 7.09. The Morgan fingerprint density at radius 1 is 1.19 bits per heavy atom. The van der Waals surface area contributed by atoms with Crippen molar-refractivity contribution in [2.75, 3.05) is 7.11 Å². The monoisotopic (exact) mass is 384 g/mol. The van der Waals surface area contributed by atoms with Crippen molar-refractivity contribution in [3.05, 3.63) is 63.9 Å². The molecule has 2 heterocycles. The summed E-state index contributed by atoms with van der Waals surface area (Å²) in [7, 11) is 3.62. The molecule has 0 spiro atoms. The quantitative estimate of drug-likeness (QED) is 0.484. The molecule has 0 aliphatic heterocycles. The smallest absolute Gasteiger partial charge is 0.192 e. The maximum Gasteiger partial charge on any atom is 0.192 e. The number of hydrogen-bond acceptors (Lipinski definition) is 5. The van der Waals surface area contributed by atoms with Crippen molar-refractivity contribution in [2.45, 2.75) is 26.6 Å². The van der Waals surface area contributed by atoms with Gasteiger partial charge in [0.1, 0.15) is 11.6 Å². The molecule has 0 amide bonds. The van der Waals surface area contributed by atoms with Crippen LogP contribution in [0.25, 0.3) is 0 Å². The Morgan fingerprint density at radius 3 is 2.74 bits per heavy atom. The van der Waals surface area contributed by atoms with Crippen LogP contribution >= 0.6 is 11.3 Å². The second kappa shape index (κ2) is 9.18. The number of rotatable bonds is 7.